The Labute approximate surface area is 110 Å². The summed E-state index contributed by atoms with van der Waals surface area (Å²) in [7, 11) is 0. The van der Waals surface area contributed by atoms with Crippen molar-refractivity contribution in [2.45, 2.75) is 50.7 Å². The van der Waals surface area contributed by atoms with Gasteiger partial charge in [-0.2, -0.15) is 18.4 Å². The van der Waals surface area contributed by atoms with Crippen molar-refractivity contribution in [2.24, 2.45) is 17.8 Å². The Morgan fingerprint density at radius 2 is 1.74 bits per heavy atom. The van der Waals surface area contributed by atoms with Gasteiger partial charge >= 0.3 is 6.18 Å². The average Bonchev–Trinajstić information content (AvgIpc) is 3.19. The second-order valence-electron chi connectivity index (χ2n) is 5.54. The predicted octanol–water partition coefficient (Wildman–Crippen LogP) is 2.77. The molecular formula is C13H17F3N2O. The third kappa shape index (κ3) is 3.62. The average molecular weight is 274 g/mol. The van der Waals surface area contributed by atoms with Crippen LogP contribution in [0.5, 0.6) is 0 Å². The normalized spacial score (nSPS) is 29.4. The number of nitrogens with zero attached hydrogens (tertiary/aromatic N) is 1. The summed E-state index contributed by atoms with van der Waals surface area (Å²) in [4.78, 5) is 11.9. The van der Waals surface area contributed by atoms with E-state index >= 15 is 0 Å². The van der Waals surface area contributed by atoms with Gasteiger partial charge in [0, 0.05) is 5.92 Å². The minimum absolute atomic E-state index is 0.0161. The Balaban J connectivity index is 1.81. The van der Waals surface area contributed by atoms with Crippen molar-refractivity contribution < 1.29 is 18.0 Å². The minimum Gasteiger partial charge on any atom is -0.340 e. The fraction of sp³-hybridized carbons (Fsp3) is 0.846. The van der Waals surface area contributed by atoms with Gasteiger partial charge in [-0.15, -0.1) is 0 Å². The topological polar surface area (TPSA) is 52.9 Å². The molecule has 1 amide bonds. The summed E-state index contributed by atoms with van der Waals surface area (Å²) in [5, 5.41) is 11.6. The van der Waals surface area contributed by atoms with E-state index in [1.807, 2.05) is 0 Å². The quantitative estimate of drug-likeness (QED) is 0.860. The molecule has 6 heteroatoms. The van der Waals surface area contributed by atoms with Gasteiger partial charge < -0.3 is 5.32 Å². The van der Waals surface area contributed by atoms with Crippen LogP contribution >= 0.6 is 0 Å². The number of amides is 1. The van der Waals surface area contributed by atoms with Crippen LogP contribution in [0.1, 0.15) is 38.5 Å². The number of hydrogen-bond acceptors (Lipinski definition) is 2. The molecule has 0 saturated heterocycles. The van der Waals surface area contributed by atoms with Gasteiger partial charge in [-0.05, 0) is 44.4 Å². The van der Waals surface area contributed by atoms with Crippen LogP contribution in [-0.4, -0.2) is 18.1 Å². The van der Waals surface area contributed by atoms with E-state index in [9.17, 15) is 18.0 Å². The summed E-state index contributed by atoms with van der Waals surface area (Å²) >= 11 is 0. The van der Waals surface area contributed by atoms with Crippen LogP contribution in [0.25, 0.3) is 0 Å². The molecule has 106 valence electrons. The van der Waals surface area contributed by atoms with Crippen molar-refractivity contribution in [3.05, 3.63) is 0 Å². The zero-order valence-corrected chi connectivity index (χ0v) is 10.5. The number of carbonyl (C=O) groups excluding carboxylic acids is 1. The fourth-order valence-electron chi connectivity index (χ4n) is 2.64. The highest BCUT2D eigenvalue weighted by molar-refractivity contribution is 5.79. The van der Waals surface area contributed by atoms with Gasteiger partial charge in [-0.3, -0.25) is 4.79 Å². The Bertz CT molecular complexity index is 376. The van der Waals surface area contributed by atoms with Gasteiger partial charge in [-0.1, -0.05) is 0 Å². The summed E-state index contributed by atoms with van der Waals surface area (Å²) in [5.41, 5.74) is 0. The Hall–Kier alpha value is -1.25. The zero-order valence-electron chi connectivity index (χ0n) is 10.5. The first-order chi connectivity index (χ1) is 8.91. The highest BCUT2D eigenvalue weighted by Crippen LogP contribution is 2.39. The van der Waals surface area contributed by atoms with Crippen LogP contribution in [0.2, 0.25) is 0 Å². The molecule has 0 aromatic carbocycles. The maximum absolute atomic E-state index is 12.5. The van der Waals surface area contributed by atoms with Crippen molar-refractivity contribution in [1.82, 2.24) is 5.32 Å². The molecule has 1 N–H and O–H groups in total. The number of nitriles is 1. The van der Waals surface area contributed by atoms with Crippen LogP contribution in [0, 0.1) is 29.1 Å². The molecular weight excluding hydrogens is 257 g/mol. The highest BCUT2D eigenvalue weighted by atomic mass is 19.4. The summed E-state index contributed by atoms with van der Waals surface area (Å²) in [6.07, 6.45) is -1.70. The maximum Gasteiger partial charge on any atom is 0.391 e. The SMILES string of the molecule is N#CC(NC(=O)C1CCC(C(F)(F)F)CC1)C1CC1. The lowest BCUT2D eigenvalue weighted by Crippen LogP contribution is -2.41. The van der Waals surface area contributed by atoms with E-state index < -0.39 is 18.1 Å². The second-order valence-corrected chi connectivity index (χ2v) is 5.54. The number of rotatable bonds is 3. The third-order valence-electron chi connectivity index (χ3n) is 4.09. The summed E-state index contributed by atoms with van der Waals surface area (Å²) in [5.74, 6) is -1.65. The molecule has 3 nitrogen and oxygen atoms in total. The highest BCUT2D eigenvalue weighted by Gasteiger charge is 2.43. The molecule has 0 radical (unpaired) electrons. The number of halogens is 3. The molecule has 0 aromatic rings. The van der Waals surface area contributed by atoms with Gasteiger partial charge in [0.05, 0.1) is 12.0 Å². The number of carbonyl (C=O) groups is 1. The first-order valence-electron chi connectivity index (χ1n) is 6.68. The molecule has 2 rings (SSSR count). The molecule has 0 spiro atoms. The smallest absolute Gasteiger partial charge is 0.340 e. The first kappa shape index (κ1) is 14.2. The maximum atomic E-state index is 12.5. The van der Waals surface area contributed by atoms with Crippen molar-refractivity contribution in [3.63, 3.8) is 0 Å². The van der Waals surface area contributed by atoms with Crippen molar-refractivity contribution in [3.8, 4) is 6.07 Å². The predicted molar refractivity (Wildman–Crippen MR) is 61.8 cm³/mol. The van der Waals surface area contributed by atoms with Crippen LogP contribution in [0.15, 0.2) is 0 Å². The van der Waals surface area contributed by atoms with E-state index in [0.717, 1.165) is 12.8 Å². The monoisotopic (exact) mass is 274 g/mol. The molecule has 1 unspecified atom stereocenters. The zero-order chi connectivity index (χ0) is 14.0. The Kier molecular flexibility index (Phi) is 4.02. The van der Waals surface area contributed by atoms with Gasteiger partial charge in [0.1, 0.15) is 6.04 Å². The van der Waals surface area contributed by atoms with Gasteiger partial charge in [0.25, 0.3) is 0 Å². The van der Waals surface area contributed by atoms with Gasteiger partial charge in [0.2, 0.25) is 5.91 Å². The largest absolute Gasteiger partial charge is 0.391 e. The standard InChI is InChI=1S/C13H17F3N2O/c14-13(15,16)10-5-3-9(4-6-10)12(19)18-11(7-17)8-1-2-8/h8-11H,1-6H2,(H,18,19). The molecule has 2 aliphatic rings. The van der Waals surface area contributed by atoms with E-state index in [1.165, 1.54) is 0 Å². The molecule has 19 heavy (non-hydrogen) atoms. The van der Waals surface area contributed by atoms with Gasteiger partial charge in [-0.25, -0.2) is 0 Å². The van der Waals surface area contributed by atoms with Crippen LogP contribution in [-0.2, 0) is 4.79 Å². The van der Waals surface area contributed by atoms with E-state index in [2.05, 4.69) is 11.4 Å². The lowest BCUT2D eigenvalue weighted by Gasteiger charge is -2.29. The Morgan fingerprint density at radius 1 is 1.16 bits per heavy atom. The molecule has 2 saturated carbocycles. The van der Waals surface area contributed by atoms with E-state index in [1.54, 1.807) is 0 Å². The van der Waals surface area contributed by atoms with Gasteiger partial charge in [0.15, 0.2) is 0 Å². The number of hydrogen-bond donors (Lipinski definition) is 1. The van der Waals surface area contributed by atoms with Crippen molar-refractivity contribution >= 4 is 5.91 Å². The summed E-state index contributed by atoms with van der Waals surface area (Å²) < 4.78 is 37.5. The van der Waals surface area contributed by atoms with Crippen LogP contribution in [0.4, 0.5) is 13.2 Å². The Morgan fingerprint density at radius 3 is 2.16 bits per heavy atom. The molecule has 2 fully saturated rings. The lowest BCUT2D eigenvalue weighted by molar-refractivity contribution is -0.184. The third-order valence-corrected chi connectivity index (χ3v) is 4.09. The molecule has 0 bridgehead atoms. The lowest BCUT2D eigenvalue weighted by atomic mass is 9.81. The minimum atomic E-state index is -4.15. The first-order valence-corrected chi connectivity index (χ1v) is 6.68. The molecule has 0 heterocycles. The summed E-state index contributed by atoms with van der Waals surface area (Å²) in [6.45, 7) is 0. The number of alkyl halides is 3. The number of nitrogens with one attached hydrogen (secondary N) is 1. The van der Waals surface area contributed by atoms with E-state index in [-0.39, 0.29) is 43.4 Å². The van der Waals surface area contributed by atoms with E-state index in [4.69, 9.17) is 5.26 Å². The second kappa shape index (κ2) is 5.40. The van der Waals surface area contributed by atoms with Crippen LogP contribution in [0.3, 0.4) is 0 Å². The molecule has 0 aliphatic heterocycles. The molecule has 1 atom stereocenters. The summed E-state index contributed by atoms with van der Waals surface area (Å²) in [6, 6.07) is 1.59. The fourth-order valence-corrected chi connectivity index (χ4v) is 2.64. The molecule has 2 aliphatic carbocycles. The van der Waals surface area contributed by atoms with Crippen LogP contribution < -0.4 is 5.32 Å². The molecule has 0 aromatic heterocycles. The van der Waals surface area contributed by atoms with E-state index in [0.29, 0.717) is 0 Å². The van der Waals surface area contributed by atoms with Crippen molar-refractivity contribution in [2.75, 3.05) is 0 Å². The van der Waals surface area contributed by atoms with Crippen molar-refractivity contribution in [1.29, 1.82) is 5.26 Å².